The lowest BCUT2D eigenvalue weighted by atomic mass is 9.99. The molecule has 0 bridgehead atoms. The van der Waals surface area contributed by atoms with Crippen molar-refractivity contribution in [2.75, 3.05) is 33.0 Å². The summed E-state index contributed by atoms with van der Waals surface area (Å²) in [5.41, 5.74) is 5.91. The number of aliphatic hydroxyl groups is 1. The number of nitrogens with one attached hydrogen (secondary N) is 1. The molecule has 1 amide bonds. The van der Waals surface area contributed by atoms with Crippen LogP contribution in [0, 0.1) is 20.8 Å². The average Bonchev–Trinajstić information content (AvgIpc) is 3.75. The lowest BCUT2D eigenvalue weighted by Gasteiger charge is -2.10. The molecule has 0 spiro atoms. The van der Waals surface area contributed by atoms with Crippen LogP contribution in [-0.2, 0) is 83.7 Å². The van der Waals surface area contributed by atoms with E-state index in [2.05, 4.69) is 15.6 Å². The third kappa shape index (κ3) is 18.5. The number of phenolic OH excluding ortho intramolecular Hbond substituents is 1. The number of aromatic nitrogens is 3. The lowest BCUT2D eigenvalue weighted by molar-refractivity contribution is -0.135. The molecule has 0 saturated heterocycles. The Hall–Kier alpha value is -7.08. The number of aryl methyl sites for hydroxylation is 3. The summed E-state index contributed by atoms with van der Waals surface area (Å²) in [6.45, 7) is 7.30. The molecular formula is C52H60N4O13. The largest absolute Gasteiger partial charge is 0.508 e. The van der Waals surface area contributed by atoms with Gasteiger partial charge in [0.15, 0.2) is 0 Å². The van der Waals surface area contributed by atoms with Crippen LogP contribution in [0.3, 0.4) is 0 Å². The van der Waals surface area contributed by atoms with Gasteiger partial charge in [-0.15, -0.1) is 5.10 Å². The number of carbonyl (C=O) groups excluding carboxylic acids is 6. The number of hydrogen-bond acceptors (Lipinski definition) is 15. The number of esters is 1. The molecule has 0 fully saturated rings. The monoisotopic (exact) mass is 948 g/mol. The molecule has 5 rings (SSSR count). The minimum atomic E-state index is -0.481. The fraction of sp³-hybridized carbons (Fsp3) is 0.385. The Kier molecular flexibility index (Phi) is 20.7. The SMILES string of the molecule is Cc1cc(CC(=O)CC(=O)Cc2ccc(OC(=O)CCCC(=O)NCCOCCOCCn3cc(COc4ccc(CC(=O)CC(=O)Cc5ccc(O)c(CO)c5)cc4C)nn3)c(C)c2)ccc1O. The average molecular weight is 949 g/mol. The van der Waals surface area contributed by atoms with E-state index in [1.165, 1.54) is 12.1 Å². The van der Waals surface area contributed by atoms with Crippen molar-refractivity contribution in [2.24, 2.45) is 0 Å². The van der Waals surface area contributed by atoms with E-state index in [0.29, 0.717) is 90.9 Å². The maximum Gasteiger partial charge on any atom is 0.311 e. The Bertz CT molecular complexity index is 2590. The van der Waals surface area contributed by atoms with Crippen LogP contribution >= 0.6 is 0 Å². The number of nitrogens with zero attached hydrogens (tertiary/aromatic N) is 3. The number of benzene rings is 4. The van der Waals surface area contributed by atoms with Crippen LogP contribution in [0.25, 0.3) is 0 Å². The van der Waals surface area contributed by atoms with Crippen LogP contribution in [0.2, 0.25) is 0 Å². The van der Waals surface area contributed by atoms with Crippen molar-refractivity contribution < 1.29 is 63.0 Å². The highest BCUT2D eigenvalue weighted by atomic mass is 16.5. The Morgan fingerprint density at radius 2 is 1.16 bits per heavy atom. The van der Waals surface area contributed by atoms with E-state index in [9.17, 15) is 44.1 Å². The number of ketones is 4. The minimum absolute atomic E-state index is 0.0320. The van der Waals surface area contributed by atoms with E-state index in [0.717, 1.165) is 16.7 Å². The van der Waals surface area contributed by atoms with E-state index in [-0.39, 0.29) is 105 Å². The molecule has 1 heterocycles. The zero-order chi connectivity index (χ0) is 49.7. The van der Waals surface area contributed by atoms with Crippen molar-refractivity contribution in [2.45, 2.75) is 98.3 Å². The highest BCUT2D eigenvalue weighted by molar-refractivity contribution is 6.01. The quantitative estimate of drug-likeness (QED) is 0.0199. The summed E-state index contributed by atoms with van der Waals surface area (Å²) < 4.78 is 24.2. The predicted molar refractivity (Wildman–Crippen MR) is 252 cm³/mol. The van der Waals surface area contributed by atoms with Crippen molar-refractivity contribution in [3.63, 3.8) is 0 Å². The molecule has 0 aliphatic carbocycles. The highest BCUT2D eigenvalue weighted by Gasteiger charge is 2.16. The lowest BCUT2D eigenvalue weighted by Crippen LogP contribution is -2.27. The molecule has 5 aromatic rings. The van der Waals surface area contributed by atoms with Crippen LogP contribution in [-0.4, -0.2) is 98.3 Å². The molecule has 0 unspecified atom stereocenters. The van der Waals surface area contributed by atoms with Crippen LogP contribution in [0.4, 0.5) is 0 Å². The van der Waals surface area contributed by atoms with Gasteiger partial charge >= 0.3 is 5.97 Å². The number of amides is 1. The zero-order valence-electron chi connectivity index (χ0n) is 39.3. The molecule has 366 valence electrons. The van der Waals surface area contributed by atoms with Gasteiger partial charge in [0.1, 0.15) is 58.4 Å². The molecule has 4 aromatic carbocycles. The van der Waals surface area contributed by atoms with Gasteiger partial charge in [0.05, 0.1) is 58.6 Å². The maximum atomic E-state index is 12.6. The van der Waals surface area contributed by atoms with Gasteiger partial charge in [-0.05, 0) is 96.5 Å². The number of phenols is 2. The minimum Gasteiger partial charge on any atom is -0.508 e. The van der Waals surface area contributed by atoms with Crippen molar-refractivity contribution in [3.05, 3.63) is 129 Å². The number of ether oxygens (including phenoxy) is 4. The van der Waals surface area contributed by atoms with Crippen molar-refractivity contribution in [1.82, 2.24) is 20.3 Å². The van der Waals surface area contributed by atoms with E-state index < -0.39 is 5.97 Å². The van der Waals surface area contributed by atoms with E-state index in [4.69, 9.17) is 18.9 Å². The number of Topliss-reactive ketones (excluding diaryl/α,β-unsaturated/α-hetero) is 4. The smallest absolute Gasteiger partial charge is 0.311 e. The first-order chi connectivity index (χ1) is 33.1. The van der Waals surface area contributed by atoms with Gasteiger partial charge in [-0.3, -0.25) is 28.8 Å². The van der Waals surface area contributed by atoms with Crippen molar-refractivity contribution >= 4 is 35.0 Å². The Morgan fingerprint density at radius 1 is 0.623 bits per heavy atom. The molecule has 0 saturated carbocycles. The summed E-state index contributed by atoms with van der Waals surface area (Å²) in [5, 5.41) is 39.8. The van der Waals surface area contributed by atoms with Gasteiger partial charge in [0.2, 0.25) is 5.91 Å². The predicted octanol–water partition coefficient (Wildman–Crippen LogP) is 5.24. The summed E-state index contributed by atoms with van der Waals surface area (Å²) in [7, 11) is 0. The summed E-state index contributed by atoms with van der Waals surface area (Å²) in [6.07, 6.45) is 2.13. The molecule has 69 heavy (non-hydrogen) atoms. The number of hydrogen-bond donors (Lipinski definition) is 4. The first kappa shape index (κ1) is 52.9. The van der Waals surface area contributed by atoms with E-state index in [1.807, 2.05) is 13.0 Å². The molecule has 17 heteroatoms. The number of aromatic hydroxyl groups is 2. The van der Waals surface area contributed by atoms with Gasteiger partial charge in [0.25, 0.3) is 0 Å². The second-order valence-corrected chi connectivity index (χ2v) is 16.8. The fourth-order valence-corrected chi connectivity index (χ4v) is 7.29. The summed E-state index contributed by atoms with van der Waals surface area (Å²) >= 11 is 0. The van der Waals surface area contributed by atoms with Gasteiger partial charge < -0.3 is 39.6 Å². The molecule has 0 radical (unpaired) electrons. The number of aliphatic hydroxyl groups excluding tert-OH is 1. The zero-order valence-corrected chi connectivity index (χ0v) is 39.3. The van der Waals surface area contributed by atoms with E-state index in [1.54, 1.807) is 79.3 Å². The first-order valence-electron chi connectivity index (χ1n) is 22.7. The molecule has 0 atom stereocenters. The number of rotatable bonds is 30. The molecule has 4 N–H and O–H groups in total. The Morgan fingerprint density at radius 3 is 1.74 bits per heavy atom. The standard InChI is InChI=1S/C52H60N4O13/c1-34-21-37(7-11-47(34)62)25-43(58)29-45(60)27-39-10-14-50(36(3)23-39)69-52(65)6-4-5-51(64)53-15-17-66-19-20-67-18-16-56-31-42(54-55-56)33-68-49-13-9-38(22-35(49)2)26-44(59)30-46(61)28-40-8-12-48(63)41(24-40)32-57/h7-14,21-24,31,57,62-63H,4-6,15-20,25-30,32-33H2,1-3H3,(H,53,64). The van der Waals surface area contributed by atoms with Gasteiger partial charge in [-0.1, -0.05) is 47.7 Å². The van der Waals surface area contributed by atoms with Gasteiger partial charge in [-0.25, -0.2) is 4.68 Å². The highest BCUT2D eigenvalue weighted by Crippen LogP contribution is 2.24. The summed E-state index contributed by atoms with van der Waals surface area (Å²) in [5.74, 6) is -0.499. The maximum absolute atomic E-state index is 12.6. The fourth-order valence-electron chi connectivity index (χ4n) is 7.29. The van der Waals surface area contributed by atoms with E-state index >= 15 is 0 Å². The van der Waals surface area contributed by atoms with Gasteiger partial charge in [-0.2, -0.15) is 0 Å². The Labute approximate surface area is 400 Å². The summed E-state index contributed by atoms with van der Waals surface area (Å²) in [4.78, 5) is 74.9. The number of carbonyl (C=O) groups is 6. The van der Waals surface area contributed by atoms with Crippen LogP contribution in [0.1, 0.15) is 82.3 Å². The van der Waals surface area contributed by atoms with Crippen LogP contribution in [0.15, 0.2) is 79.0 Å². The molecule has 17 nitrogen and oxygen atoms in total. The first-order valence-corrected chi connectivity index (χ1v) is 22.7. The summed E-state index contributed by atoms with van der Waals surface area (Å²) in [6, 6.07) is 19.9. The second-order valence-electron chi connectivity index (χ2n) is 16.8. The van der Waals surface area contributed by atoms with Gasteiger partial charge in [0, 0.05) is 50.6 Å². The Balaban J connectivity index is 0.858. The second kappa shape index (κ2) is 27.1. The third-order valence-corrected chi connectivity index (χ3v) is 10.8. The molecule has 0 aliphatic rings. The normalized spacial score (nSPS) is 11.0. The van der Waals surface area contributed by atoms with Crippen molar-refractivity contribution in [1.29, 1.82) is 0 Å². The van der Waals surface area contributed by atoms with Crippen molar-refractivity contribution in [3.8, 4) is 23.0 Å². The van der Waals surface area contributed by atoms with Crippen LogP contribution in [0.5, 0.6) is 23.0 Å². The topological polar surface area (TPSA) is 243 Å². The molecular weight excluding hydrogens is 889 g/mol. The molecule has 1 aromatic heterocycles. The third-order valence-electron chi connectivity index (χ3n) is 10.8. The molecule has 0 aliphatic heterocycles. The van der Waals surface area contributed by atoms with Crippen LogP contribution < -0.4 is 14.8 Å².